The predicted octanol–water partition coefficient (Wildman–Crippen LogP) is 1.56. The quantitative estimate of drug-likeness (QED) is 0.698. The van der Waals surface area contributed by atoms with Crippen molar-refractivity contribution in [2.45, 2.75) is 6.10 Å². The Morgan fingerprint density at radius 3 is 2.80 bits per heavy atom. The lowest BCUT2D eigenvalue weighted by molar-refractivity contribution is 0.170. The van der Waals surface area contributed by atoms with E-state index in [2.05, 4.69) is 4.99 Å². The van der Waals surface area contributed by atoms with Crippen LogP contribution < -0.4 is 9.47 Å². The highest BCUT2D eigenvalue weighted by molar-refractivity contribution is 5.51. The Balaban J connectivity index is 1.90. The van der Waals surface area contributed by atoms with Crippen molar-refractivity contribution in [1.82, 2.24) is 0 Å². The van der Waals surface area contributed by atoms with Gasteiger partial charge in [0.15, 0.2) is 17.9 Å². The van der Waals surface area contributed by atoms with Gasteiger partial charge in [-0.1, -0.05) is 6.07 Å². The summed E-state index contributed by atoms with van der Waals surface area (Å²) < 4.78 is 16.3. The standard InChI is InChI=1S/C11H11NO3/c1-2-9-10(14-4-3-13-9)5-8(1)11-6-12-7-15-11/h1-2,5,7,11H,3-4,6H2. The summed E-state index contributed by atoms with van der Waals surface area (Å²) >= 11 is 0. The fourth-order valence-electron chi connectivity index (χ4n) is 1.74. The molecule has 2 aliphatic heterocycles. The average Bonchev–Trinajstić information content (AvgIpc) is 2.82. The van der Waals surface area contributed by atoms with E-state index < -0.39 is 0 Å². The van der Waals surface area contributed by atoms with Gasteiger partial charge < -0.3 is 14.2 Å². The summed E-state index contributed by atoms with van der Waals surface area (Å²) in [6.45, 7) is 1.91. The highest BCUT2D eigenvalue weighted by Gasteiger charge is 2.19. The first-order valence-corrected chi connectivity index (χ1v) is 4.97. The molecule has 1 aromatic rings. The second kappa shape index (κ2) is 3.46. The molecule has 0 bridgehead atoms. The molecule has 0 fully saturated rings. The molecule has 1 unspecified atom stereocenters. The van der Waals surface area contributed by atoms with Gasteiger partial charge in [-0.2, -0.15) is 0 Å². The van der Waals surface area contributed by atoms with E-state index in [4.69, 9.17) is 14.2 Å². The van der Waals surface area contributed by atoms with E-state index in [0.717, 1.165) is 17.1 Å². The summed E-state index contributed by atoms with van der Waals surface area (Å²) in [7, 11) is 0. The molecular weight excluding hydrogens is 194 g/mol. The van der Waals surface area contributed by atoms with Gasteiger partial charge in [0.05, 0.1) is 6.54 Å². The van der Waals surface area contributed by atoms with Gasteiger partial charge in [-0.15, -0.1) is 0 Å². The van der Waals surface area contributed by atoms with Crippen molar-refractivity contribution in [3.63, 3.8) is 0 Å². The van der Waals surface area contributed by atoms with E-state index >= 15 is 0 Å². The Morgan fingerprint density at radius 1 is 1.13 bits per heavy atom. The molecule has 2 heterocycles. The van der Waals surface area contributed by atoms with E-state index in [1.807, 2.05) is 18.2 Å². The number of hydrogen-bond acceptors (Lipinski definition) is 4. The second-order valence-corrected chi connectivity index (χ2v) is 3.50. The van der Waals surface area contributed by atoms with Crippen LogP contribution in [0.1, 0.15) is 11.7 Å². The predicted molar refractivity (Wildman–Crippen MR) is 54.6 cm³/mol. The van der Waals surface area contributed by atoms with Gasteiger partial charge in [0, 0.05) is 0 Å². The van der Waals surface area contributed by atoms with Crippen LogP contribution >= 0.6 is 0 Å². The summed E-state index contributed by atoms with van der Waals surface area (Å²) in [4.78, 5) is 4.03. The van der Waals surface area contributed by atoms with Gasteiger partial charge in [-0.3, -0.25) is 4.99 Å². The lowest BCUT2D eigenvalue weighted by Gasteiger charge is -2.19. The first-order valence-electron chi connectivity index (χ1n) is 4.97. The third-order valence-corrected chi connectivity index (χ3v) is 2.51. The molecule has 1 atom stereocenters. The molecule has 0 N–H and O–H groups in total. The molecule has 4 nitrogen and oxygen atoms in total. The summed E-state index contributed by atoms with van der Waals surface area (Å²) in [6, 6.07) is 5.88. The fourth-order valence-corrected chi connectivity index (χ4v) is 1.74. The molecule has 2 aliphatic rings. The first kappa shape index (κ1) is 8.59. The molecular formula is C11H11NO3. The number of hydrogen-bond donors (Lipinski definition) is 0. The largest absolute Gasteiger partial charge is 0.486 e. The minimum Gasteiger partial charge on any atom is -0.486 e. The Bertz CT molecular complexity index is 395. The average molecular weight is 205 g/mol. The number of aliphatic imine (C=N–C) groups is 1. The monoisotopic (exact) mass is 205 g/mol. The summed E-state index contributed by atoms with van der Waals surface area (Å²) in [5.74, 6) is 1.61. The summed E-state index contributed by atoms with van der Waals surface area (Å²) in [5, 5.41) is 0. The highest BCUT2D eigenvalue weighted by Crippen LogP contribution is 2.33. The Hall–Kier alpha value is -1.71. The Kier molecular flexibility index (Phi) is 1.98. The molecule has 0 saturated heterocycles. The van der Waals surface area contributed by atoms with Crippen LogP contribution in [-0.4, -0.2) is 26.2 Å². The van der Waals surface area contributed by atoms with Crippen LogP contribution in [-0.2, 0) is 4.74 Å². The minimum absolute atomic E-state index is 0.0285. The van der Waals surface area contributed by atoms with Gasteiger partial charge in [-0.25, -0.2) is 0 Å². The van der Waals surface area contributed by atoms with Gasteiger partial charge in [0.2, 0.25) is 0 Å². The lowest BCUT2D eigenvalue weighted by atomic mass is 10.1. The van der Waals surface area contributed by atoms with Crippen LogP contribution in [0.15, 0.2) is 23.2 Å². The Morgan fingerprint density at radius 2 is 2.00 bits per heavy atom. The Labute approximate surface area is 87.5 Å². The maximum absolute atomic E-state index is 5.50. The van der Waals surface area contributed by atoms with Crippen molar-refractivity contribution in [2.75, 3.05) is 19.8 Å². The zero-order valence-corrected chi connectivity index (χ0v) is 8.18. The van der Waals surface area contributed by atoms with Crippen molar-refractivity contribution >= 4 is 6.40 Å². The maximum Gasteiger partial charge on any atom is 0.170 e. The SMILES string of the molecule is C1=NCC(c2ccc3c(c2)OCCO3)O1. The molecule has 0 spiro atoms. The smallest absolute Gasteiger partial charge is 0.170 e. The lowest BCUT2D eigenvalue weighted by Crippen LogP contribution is -2.15. The molecule has 0 amide bonds. The summed E-state index contributed by atoms with van der Waals surface area (Å²) in [5.41, 5.74) is 1.08. The number of nitrogens with zero attached hydrogens (tertiary/aromatic N) is 1. The molecule has 3 rings (SSSR count). The molecule has 4 heteroatoms. The third kappa shape index (κ3) is 1.52. The normalized spacial score (nSPS) is 22.5. The van der Waals surface area contributed by atoms with E-state index in [1.165, 1.54) is 6.40 Å². The highest BCUT2D eigenvalue weighted by atomic mass is 16.6. The van der Waals surface area contributed by atoms with E-state index in [0.29, 0.717) is 19.8 Å². The number of benzene rings is 1. The number of ether oxygens (including phenoxy) is 3. The van der Waals surface area contributed by atoms with E-state index in [9.17, 15) is 0 Å². The van der Waals surface area contributed by atoms with Crippen molar-refractivity contribution in [3.05, 3.63) is 23.8 Å². The third-order valence-electron chi connectivity index (χ3n) is 2.51. The van der Waals surface area contributed by atoms with E-state index in [-0.39, 0.29) is 6.10 Å². The van der Waals surface area contributed by atoms with Crippen molar-refractivity contribution in [2.24, 2.45) is 4.99 Å². The molecule has 15 heavy (non-hydrogen) atoms. The number of rotatable bonds is 1. The van der Waals surface area contributed by atoms with Crippen LogP contribution in [0.25, 0.3) is 0 Å². The molecule has 0 aliphatic carbocycles. The first-order chi connectivity index (χ1) is 7.43. The zero-order chi connectivity index (χ0) is 10.1. The molecule has 1 aromatic carbocycles. The minimum atomic E-state index is 0.0285. The van der Waals surface area contributed by atoms with Gasteiger partial charge in [-0.05, 0) is 17.7 Å². The molecule has 0 aromatic heterocycles. The maximum atomic E-state index is 5.50. The van der Waals surface area contributed by atoms with Crippen LogP contribution in [0, 0.1) is 0 Å². The van der Waals surface area contributed by atoms with Crippen molar-refractivity contribution < 1.29 is 14.2 Å². The molecule has 78 valence electrons. The van der Waals surface area contributed by atoms with Crippen LogP contribution in [0.2, 0.25) is 0 Å². The molecule has 0 radical (unpaired) electrons. The topological polar surface area (TPSA) is 40.0 Å². The van der Waals surface area contributed by atoms with Crippen LogP contribution in [0.4, 0.5) is 0 Å². The van der Waals surface area contributed by atoms with Crippen LogP contribution in [0.3, 0.4) is 0 Å². The van der Waals surface area contributed by atoms with Crippen molar-refractivity contribution in [3.8, 4) is 11.5 Å². The van der Waals surface area contributed by atoms with Gasteiger partial charge in [0.25, 0.3) is 0 Å². The van der Waals surface area contributed by atoms with Crippen LogP contribution in [0.5, 0.6) is 11.5 Å². The van der Waals surface area contributed by atoms with Crippen molar-refractivity contribution in [1.29, 1.82) is 0 Å². The fraction of sp³-hybridized carbons (Fsp3) is 0.364. The number of fused-ring (bicyclic) bond motifs is 1. The van der Waals surface area contributed by atoms with Gasteiger partial charge >= 0.3 is 0 Å². The van der Waals surface area contributed by atoms with E-state index in [1.54, 1.807) is 0 Å². The summed E-state index contributed by atoms with van der Waals surface area (Å²) in [6.07, 6.45) is 1.53. The molecule has 0 saturated carbocycles. The van der Waals surface area contributed by atoms with Gasteiger partial charge in [0.1, 0.15) is 19.3 Å². The second-order valence-electron chi connectivity index (χ2n) is 3.50. The zero-order valence-electron chi connectivity index (χ0n) is 8.18.